The van der Waals surface area contributed by atoms with E-state index >= 15 is 0 Å². The van der Waals surface area contributed by atoms with E-state index in [2.05, 4.69) is 69.2 Å². The Morgan fingerprint density at radius 2 is 2.17 bits per heavy atom. The fourth-order valence-electron chi connectivity index (χ4n) is 3.91. The standard InChI is InChI=1S/C22H29N7/c1-3-24-22(27-12-8-18(2)21(16-27)28-13-10-23-17-28)25-15-19-6-4-7-20(14-19)29-11-5-9-26-29/h4-7,9-11,13-14,17-18,21H,3,8,12,15-16H2,1-2H3,(H,24,25). The van der Waals surface area contributed by atoms with Crippen LogP contribution in [0.25, 0.3) is 5.69 Å². The van der Waals surface area contributed by atoms with Gasteiger partial charge < -0.3 is 14.8 Å². The third kappa shape index (κ3) is 4.50. The minimum absolute atomic E-state index is 0.415. The third-order valence-electron chi connectivity index (χ3n) is 5.55. The van der Waals surface area contributed by atoms with Gasteiger partial charge in [0.25, 0.3) is 0 Å². The predicted molar refractivity (Wildman–Crippen MR) is 115 cm³/mol. The van der Waals surface area contributed by atoms with Crippen molar-refractivity contribution in [2.24, 2.45) is 10.9 Å². The van der Waals surface area contributed by atoms with Crippen LogP contribution in [-0.4, -0.2) is 49.8 Å². The molecule has 0 aliphatic carbocycles. The van der Waals surface area contributed by atoms with Gasteiger partial charge >= 0.3 is 0 Å². The van der Waals surface area contributed by atoms with Crippen molar-refractivity contribution in [3.63, 3.8) is 0 Å². The van der Waals surface area contributed by atoms with E-state index in [0.717, 1.165) is 37.7 Å². The second kappa shape index (κ2) is 8.94. The number of nitrogens with one attached hydrogen (secondary N) is 1. The number of hydrogen-bond acceptors (Lipinski definition) is 3. The monoisotopic (exact) mass is 391 g/mol. The molecule has 0 spiro atoms. The number of hydrogen-bond donors (Lipinski definition) is 1. The van der Waals surface area contributed by atoms with Crippen LogP contribution < -0.4 is 5.32 Å². The molecule has 3 aromatic rings. The van der Waals surface area contributed by atoms with Gasteiger partial charge in [0.2, 0.25) is 0 Å². The predicted octanol–water partition coefficient (Wildman–Crippen LogP) is 3.12. The minimum atomic E-state index is 0.415. The summed E-state index contributed by atoms with van der Waals surface area (Å²) >= 11 is 0. The summed E-state index contributed by atoms with van der Waals surface area (Å²) < 4.78 is 4.11. The number of likely N-dealkylation sites (tertiary alicyclic amines) is 1. The number of rotatable bonds is 5. The van der Waals surface area contributed by atoms with Crippen molar-refractivity contribution < 1.29 is 0 Å². The Balaban J connectivity index is 1.50. The summed E-state index contributed by atoms with van der Waals surface area (Å²) in [6, 6.07) is 10.7. The minimum Gasteiger partial charge on any atom is -0.357 e. The number of piperidine rings is 1. The topological polar surface area (TPSA) is 63.3 Å². The highest BCUT2D eigenvalue weighted by Gasteiger charge is 2.28. The van der Waals surface area contributed by atoms with Gasteiger partial charge in [-0.25, -0.2) is 14.7 Å². The second-order valence-electron chi connectivity index (χ2n) is 7.58. The molecule has 2 aromatic heterocycles. The second-order valence-corrected chi connectivity index (χ2v) is 7.58. The molecule has 0 amide bonds. The van der Waals surface area contributed by atoms with E-state index in [-0.39, 0.29) is 0 Å². The number of nitrogens with zero attached hydrogens (tertiary/aromatic N) is 6. The van der Waals surface area contributed by atoms with E-state index < -0.39 is 0 Å². The van der Waals surface area contributed by atoms with Crippen LogP contribution in [0.15, 0.2) is 66.4 Å². The summed E-state index contributed by atoms with van der Waals surface area (Å²) in [7, 11) is 0. The summed E-state index contributed by atoms with van der Waals surface area (Å²) in [5.41, 5.74) is 2.23. The van der Waals surface area contributed by atoms with Crippen molar-refractivity contribution in [2.45, 2.75) is 32.9 Å². The number of imidazole rings is 1. The van der Waals surface area contributed by atoms with E-state index in [1.54, 1.807) is 6.20 Å². The lowest BCUT2D eigenvalue weighted by Crippen LogP contribution is -2.49. The van der Waals surface area contributed by atoms with Crippen LogP contribution in [-0.2, 0) is 6.54 Å². The molecule has 1 aliphatic heterocycles. The number of benzene rings is 1. The molecule has 1 aromatic carbocycles. The van der Waals surface area contributed by atoms with Crippen molar-refractivity contribution in [2.75, 3.05) is 19.6 Å². The maximum Gasteiger partial charge on any atom is 0.194 e. The Morgan fingerprint density at radius 3 is 2.93 bits per heavy atom. The summed E-state index contributed by atoms with van der Waals surface area (Å²) in [5, 5.41) is 7.80. The van der Waals surface area contributed by atoms with Crippen LogP contribution in [0.3, 0.4) is 0 Å². The van der Waals surface area contributed by atoms with Crippen molar-refractivity contribution in [3.05, 3.63) is 67.0 Å². The number of guanidine groups is 1. The van der Waals surface area contributed by atoms with Crippen LogP contribution in [0.1, 0.15) is 31.9 Å². The maximum atomic E-state index is 4.95. The molecule has 1 N–H and O–H groups in total. The zero-order chi connectivity index (χ0) is 20.1. The molecule has 2 atom stereocenters. The quantitative estimate of drug-likeness (QED) is 0.536. The SMILES string of the molecule is CCNC(=NCc1cccc(-n2cccn2)c1)N1CCC(C)C(n2ccnc2)C1. The first-order chi connectivity index (χ1) is 14.2. The average molecular weight is 392 g/mol. The van der Waals surface area contributed by atoms with Gasteiger partial charge in [0.15, 0.2) is 5.96 Å². The fourth-order valence-corrected chi connectivity index (χ4v) is 3.91. The van der Waals surface area contributed by atoms with E-state index in [4.69, 9.17) is 4.99 Å². The molecule has 0 bridgehead atoms. The zero-order valence-electron chi connectivity index (χ0n) is 17.1. The highest BCUT2D eigenvalue weighted by atomic mass is 15.3. The van der Waals surface area contributed by atoms with Crippen LogP contribution in [0.5, 0.6) is 0 Å². The molecule has 0 radical (unpaired) electrons. The zero-order valence-corrected chi connectivity index (χ0v) is 17.1. The smallest absolute Gasteiger partial charge is 0.194 e. The van der Waals surface area contributed by atoms with E-state index in [0.29, 0.717) is 18.5 Å². The van der Waals surface area contributed by atoms with Crippen LogP contribution >= 0.6 is 0 Å². The number of aromatic nitrogens is 4. The number of aliphatic imine (C=N–C) groups is 1. The van der Waals surface area contributed by atoms with Crippen LogP contribution in [0.2, 0.25) is 0 Å². The average Bonchev–Trinajstić information content (AvgIpc) is 3.46. The molecule has 3 heterocycles. The van der Waals surface area contributed by atoms with Crippen LogP contribution in [0, 0.1) is 5.92 Å². The first-order valence-electron chi connectivity index (χ1n) is 10.3. The lowest BCUT2D eigenvalue weighted by atomic mass is 9.93. The van der Waals surface area contributed by atoms with Gasteiger partial charge in [0, 0.05) is 44.4 Å². The molecule has 1 saturated heterocycles. The molecular weight excluding hydrogens is 362 g/mol. The Labute approximate surface area is 172 Å². The molecule has 1 fully saturated rings. The maximum absolute atomic E-state index is 4.95. The van der Waals surface area contributed by atoms with Crippen molar-refractivity contribution in [1.82, 2.24) is 29.5 Å². The summed E-state index contributed by atoms with van der Waals surface area (Å²) in [4.78, 5) is 11.6. The summed E-state index contributed by atoms with van der Waals surface area (Å²) in [6.45, 7) is 7.90. The Morgan fingerprint density at radius 1 is 1.24 bits per heavy atom. The van der Waals surface area contributed by atoms with Gasteiger partial charge in [-0.2, -0.15) is 5.10 Å². The normalized spacial score (nSPS) is 20.1. The first-order valence-corrected chi connectivity index (χ1v) is 10.3. The van der Waals surface area contributed by atoms with Crippen LogP contribution in [0.4, 0.5) is 0 Å². The molecule has 4 rings (SSSR count). The molecule has 2 unspecified atom stereocenters. The van der Waals surface area contributed by atoms with Gasteiger partial charge in [-0.1, -0.05) is 19.1 Å². The Hall–Kier alpha value is -3.09. The fraction of sp³-hybridized carbons (Fsp3) is 0.409. The lowest BCUT2D eigenvalue weighted by Gasteiger charge is -2.39. The third-order valence-corrected chi connectivity index (χ3v) is 5.55. The lowest BCUT2D eigenvalue weighted by molar-refractivity contribution is 0.189. The van der Waals surface area contributed by atoms with E-state index in [1.807, 2.05) is 29.5 Å². The van der Waals surface area contributed by atoms with Crippen molar-refractivity contribution in [1.29, 1.82) is 0 Å². The Kier molecular flexibility index (Phi) is 5.93. The van der Waals surface area contributed by atoms with Gasteiger partial charge in [-0.15, -0.1) is 0 Å². The van der Waals surface area contributed by atoms with Crippen molar-refractivity contribution in [3.8, 4) is 5.69 Å². The van der Waals surface area contributed by atoms with E-state index in [9.17, 15) is 0 Å². The molecule has 29 heavy (non-hydrogen) atoms. The first kappa shape index (κ1) is 19.2. The Bertz CT molecular complexity index is 915. The molecule has 152 valence electrons. The van der Waals surface area contributed by atoms with E-state index in [1.165, 1.54) is 5.56 Å². The van der Waals surface area contributed by atoms with Crippen molar-refractivity contribution >= 4 is 5.96 Å². The summed E-state index contributed by atoms with van der Waals surface area (Å²) in [5.74, 6) is 1.60. The molecule has 7 heteroatoms. The van der Waals surface area contributed by atoms with Gasteiger partial charge in [0.05, 0.1) is 24.6 Å². The van der Waals surface area contributed by atoms with Gasteiger partial charge in [-0.3, -0.25) is 0 Å². The molecular formula is C22H29N7. The molecule has 0 saturated carbocycles. The van der Waals surface area contributed by atoms with Gasteiger partial charge in [0.1, 0.15) is 0 Å². The molecule has 1 aliphatic rings. The summed E-state index contributed by atoms with van der Waals surface area (Å²) in [6.07, 6.45) is 10.7. The largest absolute Gasteiger partial charge is 0.357 e. The highest BCUT2D eigenvalue weighted by Crippen LogP contribution is 2.27. The molecule has 7 nitrogen and oxygen atoms in total. The highest BCUT2D eigenvalue weighted by molar-refractivity contribution is 5.80. The van der Waals surface area contributed by atoms with Gasteiger partial charge in [-0.05, 0) is 43.0 Å².